The van der Waals surface area contributed by atoms with Gasteiger partial charge in [-0.1, -0.05) is 76.2 Å². The molecular weight excluding hydrogens is 1120 g/mol. The first-order valence-corrected chi connectivity index (χ1v) is 31.4. The molecule has 0 fully saturated rings. The fraction of sp³-hybridized carbons (Fsp3) is 0.214. The molecule has 5 heterocycles. The van der Waals surface area contributed by atoms with Gasteiger partial charge in [-0.15, -0.1) is 0 Å². The smallest absolute Gasteiger partial charge is 0.243 e. The first kappa shape index (κ1) is 57.5. The predicted octanol–water partition coefficient (Wildman–Crippen LogP) is 10.6. The maximum atomic E-state index is 17.3. The number of H-pyrrole nitrogens is 2. The zero-order valence-corrected chi connectivity index (χ0v) is 46.8. The summed E-state index contributed by atoms with van der Waals surface area (Å²) in [4.78, 5) is 13.5. The average Bonchev–Trinajstić information content (AvgIpc) is 4.29. The lowest BCUT2D eigenvalue weighted by molar-refractivity contribution is 0.556. The monoisotopic (exact) mass is 1170 g/mol. The lowest BCUT2D eigenvalue weighted by atomic mass is 10.0. The van der Waals surface area contributed by atoms with E-state index in [0.29, 0.717) is 25.7 Å². The normalized spacial score (nSPS) is 12.9. The third-order valence-corrected chi connectivity index (χ3v) is 18.9. The molecule has 6 N–H and O–H groups in total. The highest BCUT2D eigenvalue weighted by atomic mass is 32.2. The summed E-state index contributed by atoms with van der Waals surface area (Å²) in [6, 6.07) is 20.8. The van der Waals surface area contributed by atoms with Crippen LogP contribution in [0.5, 0.6) is 0 Å². The minimum absolute atomic E-state index is 0.00798. The largest absolute Gasteiger partial charge is 0.354 e. The number of sulfonamides is 4. The Bertz CT molecular complexity index is 3800. The Morgan fingerprint density at radius 3 is 0.762 bits per heavy atom. The summed E-state index contributed by atoms with van der Waals surface area (Å²) in [5.41, 5.74) is -1.31. The summed E-state index contributed by atoms with van der Waals surface area (Å²) in [6.45, 7) is 6.89. The average molecular weight is 1170 g/mol. The van der Waals surface area contributed by atoms with Crippen molar-refractivity contribution in [1.29, 1.82) is 0 Å². The van der Waals surface area contributed by atoms with Crippen molar-refractivity contribution in [3.05, 3.63) is 143 Å². The summed E-state index contributed by atoms with van der Waals surface area (Å²) >= 11 is 0. The van der Waals surface area contributed by atoms with Crippen LogP contribution in [0.1, 0.15) is 76.2 Å². The van der Waals surface area contributed by atoms with Crippen molar-refractivity contribution in [3.8, 4) is 44.5 Å². The van der Waals surface area contributed by atoms with Crippen LogP contribution in [-0.4, -0.2) is 79.8 Å². The van der Waals surface area contributed by atoms with Gasteiger partial charge in [0.25, 0.3) is 0 Å². The topological polar surface area (TPSA) is 242 Å². The lowest BCUT2D eigenvalue weighted by Crippen LogP contribution is -2.25. The molecule has 0 saturated carbocycles. The second-order valence-electron chi connectivity index (χ2n) is 18.6. The van der Waals surface area contributed by atoms with Crippen molar-refractivity contribution < 1.29 is 51.2 Å². The van der Waals surface area contributed by atoms with Gasteiger partial charge in [0, 0.05) is 92.8 Å². The van der Waals surface area contributed by atoms with Crippen LogP contribution in [0.25, 0.3) is 90.9 Å². The number of nitrogens with zero attached hydrogens (tertiary/aromatic N) is 2. The first-order chi connectivity index (χ1) is 38.2. The second-order valence-corrected chi connectivity index (χ2v) is 25.5. The van der Waals surface area contributed by atoms with E-state index in [4.69, 9.17) is 9.97 Å². The molecule has 80 heavy (non-hydrogen) atoms. The van der Waals surface area contributed by atoms with Gasteiger partial charge in [-0.2, -0.15) is 0 Å². The SMILES string of the molecule is CCCNS(=O)(=O)c1cccc(-c2c3nc(c(-c4cccc(S(=O)(=O)NCCC)c4F)c4ccc([nH]4)c(-c4cccc(S(=O)(=O)NCCC)c4F)c4nc(c(-c5cccc(S(=O)(=O)NCCC)c5F)c5ccc2[nH]5)C=C4)C=C3)c1F. The van der Waals surface area contributed by atoms with Crippen molar-refractivity contribution in [2.45, 2.75) is 73.0 Å². The number of rotatable bonds is 20. The zero-order valence-electron chi connectivity index (χ0n) is 43.5. The molecular formula is C56H54F4N8O8S4. The highest BCUT2D eigenvalue weighted by Crippen LogP contribution is 2.42. The lowest BCUT2D eigenvalue weighted by Gasteiger charge is -2.12. The van der Waals surface area contributed by atoms with Crippen LogP contribution in [0, 0.1) is 23.3 Å². The fourth-order valence-electron chi connectivity index (χ4n) is 9.24. The van der Waals surface area contributed by atoms with Gasteiger partial charge in [0.15, 0.2) is 23.3 Å². The Morgan fingerprint density at radius 1 is 0.350 bits per heavy atom. The number of halogens is 4. The molecule has 0 saturated heterocycles. The van der Waals surface area contributed by atoms with E-state index in [0.717, 1.165) is 24.3 Å². The quantitative estimate of drug-likeness (QED) is 0.0394. The van der Waals surface area contributed by atoms with Crippen molar-refractivity contribution in [2.24, 2.45) is 0 Å². The molecule has 7 aromatic rings. The molecule has 2 aliphatic heterocycles. The number of hydrogen-bond donors (Lipinski definition) is 6. The Balaban J connectivity index is 1.49. The van der Waals surface area contributed by atoms with E-state index in [1.54, 1.807) is 27.7 Å². The number of fused-ring (bicyclic) bond motifs is 8. The fourth-order valence-corrected chi connectivity index (χ4v) is 14.2. The van der Waals surface area contributed by atoms with E-state index in [1.165, 1.54) is 97.1 Å². The van der Waals surface area contributed by atoms with E-state index in [1.807, 2.05) is 0 Å². The van der Waals surface area contributed by atoms with Gasteiger partial charge in [0.05, 0.1) is 22.8 Å². The standard InChI is InChI=1S/C56H54F4N8O8S4/c1-5-29-61-77(69,70)45-17-9-13-33(53(45)57)49-37-21-23-39(65-37)50(34-14-10-18-46(54(34)58)78(71,72)62-30-6-2)41-25-27-43(67-41)52(36-16-12-20-48(56(36)60)80(75,76)64-32-8-4)44-28-26-42(68-44)51(40-24-22-38(49)66-40)35-15-11-19-47(55(35)59)79(73,74)63-31-7-3/h9-28,61-65,68H,5-8,29-32H2,1-4H3. The Labute approximate surface area is 460 Å². The van der Waals surface area contributed by atoms with E-state index in [-0.39, 0.29) is 116 Å². The van der Waals surface area contributed by atoms with Crippen LogP contribution in [0.15, 0.2) is 117 Å². The van der Waals surface area contributed by atoms with Gasteiger partial charge < -0.3 is 9.97 Å². The Hall–Kier alpha value is -7.16. The molecule has 3 aromatic heterocycles. The zero-order chi connectivity index (χ0) is 57.3. The molecule has 16 nitrogen and oxygen atoms in total. The highest BCUT2D eigenvalue weighted by Gasteiger charge is 2.30. The maximum absolute atomic E-state index is 17.3. The van der Waals surface area contributed by atoms with Crippen LogP contribution in [0.2, 0.25) is 0 Å². The van der Waals surface area contributed by atoms with Crippen molar-refractivity contribution in [2.75, 3.05) is 26.2 Å². The molecule has 0 spiro atoms. The Kier molecular flexibility index (Phi) is 16.6. The molecule has 0 aliphatic carbocycles. The molecule has 8 bridgehead atoms. The summed E-state index contributed by atoms with van der Waals surface area (Å²) in [5, 5.41) is 0. The number of aromatic amines is 2. The molecule has 0 amide bonds. The number of benzene rings is 4. The number of hydrogen-bond acceptors (Lipinski definition) is 10. The minimum Gasteiger partial charge on any atom is -0.354 e. The van der Waals surface area contributed by atoms with E-state index < -0.39 is 82.9 Å². The first-order valence-electron chi connectivity index (χ1n) is 25.5. The van der Waals surface area contributed by atoms with Gasteiger partial charge in [0.1, 0.15) is 19.6 Å². The van der Waals surface area contributed by atoms with Crippen LogP contribution < -0.4 is 18.9 Å². The molecule has 418 valence electrons. The number of aromatic nitrogens is 4. The van der Waals surface area contributed by atoms with Gasteiger partial charge in [0.2, 0.25) is 40.1 Å². The van der Waals surface area contributed by atoms with Crippen molar-refractivity contribution in [3.63, 3.8) is 0 Å². The van der Waals surface area contributed by atoms with Crippen molar-refractivity contribution in [1.82, 2.24) is 38.8 Å². The molecule has 0 unspecified atom stereocenters. The Morgan fingerprint density at radius 2 is 0.562 bits per heavy atom. The van der Waals surface area contributed by atoms with E-state index in [2.05, 4.69) is 28.9 Å². The summed E-state index contributed by atoms with van der Waals surface area (Å²) < 4.78 is 188. The van der Waals surface area contributed by atoms with Gasteiger partial charge in [-0.25, -0.2) is 80.1 Å². The van der Waals surface area contributed by atoms with Gasteiger partial charge in [-0.05, 0) is 98.5 Å². The highest BCUT2D eigenvalue weighted by molar-refractivity contribution is 7.90. The molecule has 0 radical (unpaired) electrons. The summed E-state index contributed by atoms with van der Waals surface area (Å²) in [5.74, 6) is -4.75. The third-order valence-electron chi connectivity index (χ3n) is 13.0. The second kappa shape index (κ2) is 23.1. The summed E-state index contributed by atoms with van der Waals surface area (Å²) in [7, 11) is -17.8. The van der Waals surface area contributed by atoms with Gasteiger partial charge in [-0.3, -0.25) is 0 Å². The van der Waals surface area contributed by atoms with Crippen molar-refractivity contribution >= 4 is 86.5 Å². The van der Waals surface area contributed by atoms with Crippen LogP contribution in [0.4, 0.5) is 17.6 Å². The van der Waals surface area contributed by atoms with E-state index in [9.17, 15) is 33.7 Å². The van der Waals surface area contributed by atoms with E-state index >= 15 is 17.6 Å². The molecule has 2 aliphatic rings. The molecule has 24 heteroatoms. The van der Waals surface area contributed by atoms with Gasteiger partial charge >= 0.3 is 0 Å². The molecule has 0 atom stereocenters. The summed E-state index contributed by atoms with van der Waals surface area (Å²) in [6.07, 6.45) is 7.35. The van der Waals surface area contributed by atoms with Crippen LogP contribution in [-0.2, 0) is 40.1 Å². The predicted molar refractivity (Wildman–Crippen MR) is 302 cm³/mol. The van der Waals surface area contributed by atoms with Crippen LogP contribution in [0.3, 0.4) is 0 Å². The minimum atomic E-state index is -4.45. The van der Waals surface area contributed by atoms with Crippen LogP contribution >= 0.6 is 0 Å². The third kappa shape index (κ3) is 11.0. The molecule has 9 rings (SSSR count). The number of nitrogens with one attached hydrogen (secondary N) is 6. The molecule has 4 aromatic carbocycles. The maximum Gasteiger partial charge on any atom is 0.243 e.